The smallest absolute Gasteiger partial charge is 0.0654 e. The van der Waals surface area contributed by atoms with Crippen molar-refractivity contribution in [3.05, 3.63) is 0 Å². The number of unbranched alkanes of at least 4 members (excludes halogenated alkanes) is 30. The van der Waals surface area contributed by atoms with Crippen LogP contribution in [-0.2, 0) is 24.6 Å². The molecule has 0 saturated heterocycles. The van der Waals surface area contributed by atoms with Crippen LogP contribution in [0.15, 0.2) is 0 Å². The molecule has 0 aliphatic carbocycles. The predicted octanol–water partition coefficient (Wildman–Crippen LogP) is 13.5. The molecule has 0 bridgehead atoms. The van der Waals surface area contributed by atoms with Crippen LogP contribution in [0.3, 0.4) is 0 Å². The standard InChI is InChI=1S/2C19H35.Hg/c2*1-3-5-7-9-11-13-15-17-19-18-16-14-12-10-8-6-4-2;/h2*3,5-19H2,1H3;. The molecule has 0 aliphatic heterocycles. The first kappa shape index (κ1) is 39.1. The fourth-order valence-corrected chi connectivity index (χ4v) is 8.21. The Hall–Kier alpha value is 0.0551. The first-order valence-corrected chi connectivity index (χ1v) is 23.8. The number of hydrogen-bond acceptors (Lipinski definition) is 0. The molecular formula is C38H70Hg. The zero-order valence-electron chi connectivity index (χ0n) is 27.3. The van der Waals surface area contributed by atoms with Crippen LogP contribution in [0.1, 0.15) is 219 Å². The molecular weight excluding hydrogens is 657 g/mol. The van der Waals surface area contributed by atoms with Gasteiger partial charge in [0.05, 0.1) is 0 Å². The van der Waals surface area contributed by atoms with E-state index in [1.54, 1.807) is 0 Å². The molecule has 0 fully saturated rings. The molecule has 0 amide bonds. The minimum absolute atomic E-state index is 1.12. The van der Waals surface area contributed by atoms with Crippen molar-refractivity contribution >= 4 is 0 Å². The summed E-state index contributed by atoms with van der Waals surface area (Å²) < 4.78 is 6.98. The van der Waals surface area contributed by atoms with E-state index in [1.165, 1.54) is 193 Å². The van der Waals surface area contributed by atoms with Gasteiger partial charge in [-0.15, -0.1) is 0 Å². The predicted molar refractivity (Wildman–Crippen MR) is 175 cm³/mol. The number of rotatable bonds is 30. The third-order valence-corrected chi connectivity index (χ3v) is 11.6. The summed E-state index contributed by atoms with van der Waals surface area (Å²) in [4.78, 5) is 0. The Morgan fingerprint density at radius 1 is 0.282 bits per heavy atom. The van der Waals surface area contributed by atoms with E-state index in [0.717, 1.165) is 12.8 Å². The van der Waals surface area contributed by atoms with Crippen LogP contribution in [0.5, 0.6) is 0 Å². The normalized spacial score (nSPS) is 10.5. The summed E-state index contributed by atoms with van der Waals surface area (Å²) in [6, 6.07) is 0. The van der Waals surface area contributed by atoms with E-state index in [-0.39, 0.29) is 0 Å². The second-order valence-corrected chi connectivity index (χ2v) is 16.4. The van der Waals surface area contributed by atoms with Gasteiger partial charge in [-0.25, -0.2) is 0 Å². The van der Waals surface area contributed by atoms with Gasteiger partial charge >= 0.3 is 172 Å². The van der Waals surface area contributed by atoms with Gasteiger partial charge in [0.25, 0.3) is 0 Å². The van der Waals surface area contributed by atoms with Gasteiger partial charge in [0.2, 0.25) is 0 Å². The van der Waals surface area contributed by atoms with Gasteiger partial charge in [-0.1, -0.05) is 90.9 Å². The van der Waals surface area contributed by atoms with Crippen LogP contribution < -0.4 is 0 Å². The minimum atomic E-state index is -1.17. The summed E-state index contributed by atoms with van der Waals surface area (Å²) in [6.45, 7) is 4.60. The van der Waals surface area contributed by atoms with E-state index in [9.17, 15) is 0 Å². The number of hydrogen-bond donors (Lipinski definition) is 0. The summed E-state index contributed by atoms with van der Waals surface area (Å²) in [6.07, 6.45) is 45.3. The topological polar surface area (TPSA) is 0 Å². The van der Waals surface area contributed by atoms with Crippen molar-refractivity contribution in [1.82, 2.24) is 0 Å². The maximum atomic E-state index is 3.49. The van der Waals surface area contributed by atoms with E-state index >= 15 is 0 Å². The molecule has 0 radical (unpaired) electrons. The molecule has 0 aromatic heterocycles. The molecule has 224 valence electrons. The fraction of sp³-hybridized carbons (Fsp3) is 0.895. The van der Waals surface area contributed by atoms with Crippen molar-refractivity contribution in [3.63, 3.8) is 0 Å². The van der Waals surface area contributed by atoms with Crippen LogP contribution in [0.2, 0.25) is 0 Å². The summed E-state index contributed by atoms with van der Waals surface area (Å²) in [5, 5.41) is 0. The third-order valence-electron chi connectivity index (χ3n) is 8.24. The molecule has 1 heteroatoms. The summed E-state index contributed by atoms with van der Waals surface area (Å²) in [7, 11) is 0. The molecule has 39 heavy (non-hydrogen) atoms. The van der Waals surface area contributed by atoms with Crippen molar-refractivity contribution in [1.29, 1.82) is 0 Å². The Kier molecular flexibility index (Phi) is 38.1. The van der Waals surface area contributed by atoms with Crippen LogP contribution in [0.25, 0.3) is 0 Å². The molecule has 0 atom stereocenters. The molecule has 0 saturated carbocycles. The van der Waals surface area contributed by atoms with Gasteiger partial charge in [0, 0.05) is 0 Å². The van der Waals surface area contributed by atoms with E-state index in [2.05, 4.69) is 32.5 Å². The second-order valence-electron chi connectivity index (χ2n) is 12.3. The molecule has 0 aromatic carbocycles. The molecule has 0 rings (SSSR count). The van der Waals surface area contributed by atoms with Crippen molar-refractivity contribution in [3.8, 4) is 18.7 Å². The second kappa shape index (κ2) is 38.1. The maximum absolute atomic E-state index is 3.49. The molecule has 0 heterocycles. The molecule has 0 spiro atoms. The van der Waals surface area contributed by atoms with E-state index in [4.69, 9.17) is 0 Å². The van der Waals surface area contributed by atoms with Gasteiger partial charge < -0.3 is 0 Å². The van der Waals surface area contributed by atoms with Crippen molar-refractivity contribution in [2.45, 2.75) is 219 Å². The van der Waals surface area contributed by atoms with Gasteiger partial charge in [-0.3, -0.25) is 0 Å². The van der Waals surface area contributed by atoms with E-state index < -0.39 is 24.6 Å². The van der Waals surface area contributed by atoms with Crippen molar-refractivity contribution in [2.24, 2.45) is 0 Å². The van der Waals surface area contributed by atoms with Gasteiger partial charge in [-0.05, 0) is 0 Å². The van der Waals surface area contributed by atoms with Crippen molar-refractivity contribution < 1.29 is 24.6 Å². The third kappa shape index (κ3) is 38.1. The zero-order valence-corrected chi connectivity index (χ0v) is 32.8. The first-order valence-electron chi connectivity index (χ1n) is 18.3. The van der Waals surface area contributed by atoms with Crippen LogP contribution in [0.4, 0.5) is 0 Å². The Morgan fingerprint density at radius 3 is 0.718 bits per heavy atom. The van der Waals surface area contributed by atoms with Crippen molar-refractivity contribution in [2.75, 3.05) is 0 Å². The van der Waals surface area contributed by atoms with Crippen LogP contribution in [0, 0.1) is 18.7 Å². The average Bonchev–Trinajstić information content (AvgIpc) is 2.95. The van der Waals surface area contributed by atoms with Gasteiger partial charge in [0.1, 0.15) is 0 Å². The van der Waals surface area contributed by atoms with E-state index in [1.807, 2.05) is 0 Å². The quantitative estimate of drug-likeness (QED) is 0.0393. The van der Waals surface area contributed by atoms with E-state index in [0.29, 0.717) is 0 Å². The Bertz CT molecular complexity index is 507. The molecule has 0 nitrogen and oxygen atoms in total. The van der Waals surface area contributed by atoms with Gasteiger partial charge in [-0.2, -0.15) is 0 Å². The summed E-state index contributed by atoms with van der Waals surface area (Å²) in [5.74, 6) is 6.87. The molecule has 0 aromatic rings. The SMILES string of the molecule is CCCCCCCCCCCCCCCCCC#[C][Hg][C]#CCCCCCCCCCCCCCCCCC. The Labute approximate surface area is 261 Å². The van der Waals surface area contributed by atoms with Gasteiger partial charge in [0.15, 0.2) is 0 Å². The Morgan fingerprint density at radius 2 is 0.487 bits per heavy atom. The molecule has 0 unspecified atom stereocenters. The fourth-order valence-electron chi connectivity index (χ4n) is 5.52. The zero-order chi connectivity index (χ0) is 28.2. The minimum Gasteiger partial charge on any atom is -0.0654 e. The van der Waals surface area contributed by atoms with Crippen LogP contribution in [-0.4, -0.2) is 0 Å². The summed E-state index contributed by atoms with van der Waals surface area (Å²) in [5.41, 5.74) is 0. The van der Waals surface area contributed by atoms with Crippen LogP contribution >= 0.6 is 0 Å². The monoisotopic (exact) mass is 729 g/mol. The Balaban J connectivity index is 3.19. The molecule has 0 N–H and O–H groups in total. The summed E-state index contributed by atoms with van der Waals surface area (Å²) >= 11 is -1.17. The molecule has 0 aliphatic rings. The average molecular weight is 728 g/mol. The first-order chi connectivity index (χ1) is 19.4.